The lowest BCUT2D eigenvalue weighted by Crippen LogP contribution is -2.53. The second kappa shape index (κ2) is 9.69. The predicted molar refractivity (Wildman–Crippen MR) is 144 cm³/mol. The molecule has 0 spiro atoms. The zero-order valence-electron chi connectivity index (χ0n) is 21.4. The summed E-state index contributed by atoms with van der Waals surface area (Å²) < 4.78 is 42.5. The van der Waals surface area contributed by atoms with Gasteiger partial charge in [-0.05, 0) is 48.5 Å². The number of halogens is 3. The Hall–Kier alpha value is -3.89. The Kier molecular flexibility index (Phi) is 6.31. The van der Waals surface area contributed by atoms with Crippen molar-refractivity contribution in [1.82, 2.24) is 19.8 Å². The zero-order valence-corrected chi connectivity index (χ0v) is 21.4. The van der Waals surface area contributed by atoms with E-state index in [-0.39, 0.29) is 11.6 Å². The van der Waals surface area contributed by atoms with Crippen LogP contribution in [0.4, 0.5) is 18.9 Å². The van der Waals surface area contributed by atoms with Crippen molar-refractivity contribution in [1.29, 1.82) is 0 Å². The number of aliphatic hydroxyl groups excluding tert-OH is 1. The number of aromatic nitrogens is 2. The molecule has 0 atom stereocenters. The normalized spacial score (nSPS) is 17.1. The molecule has 39 heavy (non-hydrogen) atoms. The first-order chi connectivity index (χ1) is 18.7. The number of carbonyl (C=O) groups is 1. The van der Waals surface area contributed by atoms with Gasteiger partial charge in [0.1, 0.15) is 5.65 Å². The highest BCUT2D eigenvalue weighted by atomic mass is 19.4. The summed E-state index contributed by atoms with van der Waals surface area (Å²) >= 11 is 0. The van der Waals surface area contributed by atoms with Gasteiger partial charge in [-0.3, -0.25) is 4.79 Å². The van der Waals surface area contributed by atoms with Crippen molar-refractivity contribution in [3.8, 4) is 22.3 Å². The number of H-pyrrole nitrogens is 1. The number of nitrogens with one attached hydrogen (secondary N) is 1. The van der Waals surface area contributed by atoms with Crippen LogP contribution >= 0.6 is 0 Å². The molecule has 2 aromatic carbocycles. The molecule has 0 radical (unpaired) electrons. The maximum atomic E-state index is 14.2. The van der Waals surface area contributed by atoms with Crippen molar-refractivity contribution in [2.75, 3.05) is 51.2 Å². The van der Waals surface area contributed by atoms with Crippen molar-refractivity contribution >= 4 is 22.6 Å². The van der Waals surface area contributed by atoms with Crippen LogP contribution < -0.4 is 4.90 Å². The van der Waals surface area contributed by atoms with Gasteiger partial charge in [0.05, 0.1) is 11.7 Å². The van der Waals surface area contributed by atoms with Crippen LogP contribution in [0.15, 0.2) is 60.9 Å². The molecule has 0 unspecified atom stereocenters. The fourth-order valence-electron chi connectivity index (χ4n) is 5.26. The highest BCUT2D eigenvalue weighted by Crippen LogP contribution is 2.40. The fraction of sp³-hybridized carbons (Fsp3) is 0.310. The first-order valence-electron chi connectivity index (χ1n) is 12.9. The van der Waals surface area contributed by atoms with E-state index in [4.69, 9.17) is 0 Å². The summed E-state index contributed by atoms with van der Waals surface area (Å²) in [5.74, 6) is -0.129. The van der Waals surface area contributed by atoms with Crippen molar-refractivity contribution in [3.05, 3.63) is 72.1 Å². The molecule has 6 rings (SSSR count). The Balaban J connectivity index is 1.32. The third-order valence-corrected chi connectivity index (χ3v) is 7.60. The van der Waals surface area contributed by atoms with Gasteiger partial charge in [-0.25, -0.2) is 4.98 Å². The van der Waals surface area contributed by atoms with E-state index in [1.807, 2.05) is 31.4 Å². The zero-order chi connectivity index (χ0) is 27.3. The van der Waals surface area contributed by atoms with Gasteiger partial charge in [0.25, 0.3) is 5.91 Å². The molecule has 2 aromatic heterocycles. The molecule has 4 heterocycles. The molecule has 2 fully saturated rings. The van der Waals surface area contributed by atoms with Crippen molar-refractivity contribution in [3.63, 3.8) is 0 Å². The number of hydrogen-bond donors (Lipinski definition) is 2. The highest BCUT2D eigenvalue weighted by Gasteiger charge is 2.36. The standard InChI is InChI=1S/C29H28F3N5O2/c1-35-8-10-36(11-9-35)26-7-6-20(13-25(26)29(30,31)32)21-12-23-24(15-34-27(23)33-14-21)18-2-4-19(5-3-18)28(39)37-16-22(38)17-37/h2-7,12-15,22,38H,8-11,16-17H2,1H3,(H,33,34). The number of amides is 1. The van der Waals surface area contributed by atoms with Crippen LogP contribution in [0.3, 0.4) is 0 Å². The summed E-state index contributed by atoms with van der Waals surface area (Å²) in [6.07, 6.45) is -1.56. The number of piperazine rings is 1. The number of likely N-dealkylation sites (tertiary alicyclic amines) is 1. The average molecular weight is 536 g/mol. The molecule has 4 aromatic rings. The SMILES string of the molecule is CN1CCN(c2ccc(-c3cnc4[nH]cc(-c5ccc(C(=O)N6CC(O)C6)cc5)c4c3)cc2C(F)(F)F)CC1. The monoisotopic (exact) mass is 535 g/mol. The molecule has 2 aliphatic rings. The largest absolute Gasteiger partial charge is 0.418 e. The van der Waals surface area contributed by atoms with Crippen LogP contribution in [-0.4, -0.2) is 83.2 Å². The number of aromatic amines is 1. The maximum Gasteiger partial charge on any atom is 0.418 e. The summed E-state index contributed by atoms with van der Waals surface area (Å²) in [4.78, 5) is 25.6. The number of β-amino-alcohol motifs (C(OH)–C–C–N with tert-alkyl or cyclic N) is 1. The smallest absolute Gasteiger partial charge is 0.389 e. The van der Waals surface area contributed by atoms with Gasteiger partial charge in [0, 0.05) is 79.4 Å². The van der Waals surface area contributed by atoms with Gasteiger partial charge in [-0.1, -0.05) is 18.2 Å². The van der Waals surface area contributed by atoms with Crippen LogP contribution in [0.1, 0.15) is 15.9 Å². The lowest BCUT2D eigenvalue weighted by atomic mass is 9.99. The molecule has 10 heteroatoms. The van der Waals surface area contributed by atoms with E-state index in [0.717, 1.165) is 16.5 Å². The van der Waals surface area contributed by atoms with Gasteiger partial charge >= 0.3 is 6.18 Å². The van der Waals surface area contributed by atoms with E-state index >= 15 is 0 Å². The van der Waals surface area contributed by atoms with Crippen molar-refractivity contribution in [2.24, 2.45) is 0 Å². The number of hydrogen-bond acceptors (Lipinski definition) is 5. The van der Waals surface area contributed by atoms with Gasteiger partial charge in [0.15, 0.2) is 0 Å². The Labute approximate surface area is 223 Å². The van der Waals surface area contributed by atoms with E-state index in [1.54, 1.807) is 40.3 Å². The second-order valence-corrected chi connectivity index (χ2v) is 10.3. The Morgan fingerprint density at radius 3 is 2.33 bits per heavy atom. The molecule has 202 valence electrons. The molecule has 0 bridgehead atoms. The van der Waals surface area contributed by atoms with Gasteiger partial charge in [-0.2, -0.15) is 13.2 Å². The summed E-state index contributed by atoms with van der Waals surface area (Å²) in [7, 11) is 1.97. The Morgan fingerprint density at radius 1 is 0.974 bits per heavy atom. The Bertz CT molecular complexity index is 1520. The molecule has 1 amide bonds. The molecular weight excluding hydrogens is 507 g/mol. The number of carbonyl (C=O) groups excluding carboxylic acids is 1. The van der Waals surface area contributed by atoms with Gasteiger partial charge in [-0.15, -0.1) is 0 Å². The van der Waals surface area contributed by atoms with Crippen LogP contribution in [0.25, 0.3) is 33.3 Å². The topological polar surface area (TPSA) is 75.7 Å². The van der Waals surface area contributed by atoms with E-state index < -0.39 is 17.8 Å². The maximum absolute atomic E-state index is 14.2. The van der Waals surface area contributed by atoms with Crippen LogP contribution in [0.5, 0.6) is 0 Å². The molecule has 2 aliphatic heterocycles. The van der Waals surface area contributed by atoms with Crippen molar-refractivity contribution < 1.29 is 23.1 Å². The Morgan fingerprint density at radius 2 is 1.67 bits per heavy atom. The number of benzene rings is 2. The quantitative estimate of drug-likeness (QED) is 0.403. The van der Waals surface area contributed by atoms with Gasteiger partial charge < -0.3 is 24.8 Å². The third kappa shape index (κ3) is 4.86. The van der Waals surface area contributed by atoms with Crippen LogP contribution in [-0.2, 0) is 6.18 Å². The minimum Gasteiger partial charge on any atom is -0.389 e. The number of nitrogens with zero attached hydrogens (tertiary/aromatic N) is 4. The first-order valence-corrected chi connectivity index (χ1v) is 12.9. The summed E-state index contributed by atoms with van der Waals surface area (Å²) in [5, 5.41) is 10.2. The van der Waals surface area contributed by atoms with E-state index in [0.29, 0.717) is 61.6 Å². The summed E-state index contributed by atoms with van der Waals surface area (Å²) in [6, 6.07) is 13.5. The first kappa shape index (κ1) is 25.4. The summed E-state index contributed by atoms with van der Waals surface area (Å²) in [6.45, 7) is 3.19. The number of aliphatic hydroxyl groups is 1. The van der Waals surface area contributed by atoms with E-state index in [1.165, 1.54) is 6.07 Å². The minimum atomic E-state index is -4.49. The highest BCUT2D eigenvalue weighted by molar-refractivity contribution is 5.98. The molecule has 7 nitrogen and oxygen atoms in total. The number of likely N-dealkylation sites (N-methyl/N-ethyl adjacent to an activating group) is 1. The molecule has 0 saturated carbocycles. The average Bonchev–Trinajstić information content (AvgIpc) is 3.34. The minimum absolute atomic E-state index is 0.129. The van der Waals surface area contributed by atoms with E-state index in [9.17, 15) is 23.1 Å². The number of rotatable bonds is 4. The van der Waals surface area contributed by atoms with Crippen LogP contribution in [0, 0.1) is 0 Å². The van der Waals surface area contributed by atoms with E-state index in [2.05, 4.69) is 14.9 Å². The third-order valence-electron chi connectivity index (χ3n) is 7.60. The van der Waals surface area contributed by atoms with Crippen LogP contribution in [0.2, 0.25) is 0 Å². The number of alkyl halides is 3. The molecule has 2 N–H and O–H groups in total. The number of anilines is 1. The molecular formula is C29H28F3N5O2. The second-order valence-electron chi connectivity index (χ2n) is 10.3. The lowest BCUT2D eigenvalue weighted by Gasteiger charge is -2.35. The number of pyridine rings is 1. The molecule has 0 aliphatic carbocycles. The summed E-state index contributed by atoms with van der Waals surface area (Å²) in [5.41, 5.74) is 3.43. The predicted octanol–water partition coefficient (Wildman–Crippen LogP) is 4.48. The fourth-order valence-corrected chi connectivity index (χ4v) is 5.26. The van der Waals surface area contributed by atoms with Gasteiger partial charge in [0.2, 0.25) is 0 Å². The lowest BCUT2D eigenvalue weighted by molar-refractivity contribution is -0.137. The number of fused-ring (bicyclic) bond motifs is 1. The van der Waals surface area contributed by atoms with Crippen molar-refractivity contribution in [2.45, 2.75) is 12.3 Å². The molecule has 2 saturated heterocycles.